The van der Waals surface area contributed by atoms with Gasteiger partial charge in [0.15, 0.2) is 0 Å². The molecule has 1 saturated carbocycles. The maximum atomic E-state index is 9.58. The Kier molecular flexibility index (Phi) is 4.38. The first-order valence-electron chi connectivity index (χ1n) is 6.81. The van der Waals surface area contributed by atoms with Gasteiger partial charge in [0.1, 0.15) is 6.10 Å². The molecule has 1 fully saturated rings. The lowest BCUT2D eigenvalue weighted by Crippen LogP contribution is -2.37. The first-order chi connectivity index (χ1) is 8.72. The van der Waals surface area contributed by atoms with Gasteiger partial charge >= 0.3 is 0 Å². The molecule has 0 bridgehead atoms. The lowest BCUT2D eigenvalue weighted by molar-refractivity contribution is 0.0956. The van der Waals surface area contributed by atoms with Crippen LogP contribution in [0.2, 0.25) is 0 Å². The number of aliphatic hydroxyl groups excluding tert-OH is 2. The number of benzene rings is 1. The Bertz CT molecular complexity index is 369. The molecule has 3 nitrogen and oxygen atoms in total. The molecule has 1 aliphatic carbocycles. The summed E-state index contributed by atoms with van der Waals surface area (Å²) in [5.74, 6) is 0. The third-order valence-corrected chi connectivity index (χ3v) is 4.28. The van der Waals surface area contributed by atoms with Crippen molar-refractivity contribution >= 4 is 0 Å². The highest BCUT2D eigenvalue weighted by atomic mass is 16.3. The van der Waals surface area contributed by atoms with E-state index in [1.807, 2.05) is 12.1 Å². The van der Waals surface area contributed by atoms with Crippen LogP contribution in [0.15, 0.2) is 24.3 Å². The van der Waals surface area contributed by atoms with E-state index in [-0.39, 0.29) is 12.0 Å². The van der Waals surface area contributed by atoms with Gasteiger partial charge in [-0.2, -0.15) is 0 Å². The molecule has 100 valence electrons. The molecule has 1 atom stereocenters. The van der Waals surface area contributed by atoms with Gasteiger partial charge in [-0.05, 0) is 24.0 Å². The molecule has 1 aromatic rings. The van der Waals surface area contributed by atoms with Crippen molar-refractivity contribution in [2.45, 2.75) is 43.6 Å². The van der Waals surface area contributed by atoms with Gasteiger partial charge < -0.3 is 15.9 Å². The van der Waals surface area contributed by atoms with Gasteiger partial charge in [-0.1, -0.05) is 43.5 Å². The first-order valence-corrected chi connectivity index (χ1v) is 6.81. The molecule has 0 aliphatic heterocycles. The molecule has 0 saturated heterocycles. The van der Waals surface area contributed by atoms with Crippen LogP contribution in [-0.2, 0) is 5.41 Å². The molecule has 1 aromatic carbocycles. The van der Waals surface area contributed by atoms with Crippen LogP contribution in [-0.4, -0.2) is 23.4 Å². The zero-order chi connectivity index (χ0) is 13.0. The Balaban J connectivity index is 2.21. The second-order valence-corrected chi connectivity index (χ2v) is 5.37. The minimum Gasteiger partial charge on any atom is -0.393 e. The van der Waals surface area contributed by atoms with Crippen LogP contribution in [0.4, 0.5) is 0 Å². The monoisotopic (exact) mass is 249 g/mol. The van der Waals surface area contributed by atoms with Crippen molar-refractivity contribution < 1.29 is 10.2 Å². The second-order valence-electron chi connectivity index (χ2n) is 5.37. The SMILES string of the molecule is NCC1(c2ccc(C(O)CO)cc2)CCCCC1. The molecule has 3 heteroatoms. The molecule has 1 aliphatic rings. The van der Waals surface area contributed by atoms with Crippen molar-refractivity contribution in [2.75, 3.05) is 13.2 Å². The average molecular weight is 249 g/mol. The molecule has 0 amide bonds. The molecular weight excluding hydrogens is 226 g/mol. The Morgan fingerprint density at radius 1 is 1.11 bits per heavy atom. The lowest BCUT2D eigenvalue weighted by atomic mass is 9.69. The molecular formula is C15H23NO2. The summed E-state index contributed by atoms with van der Waals surface area (Å²) in [4.78, 5) is 0. The molecule has 1 unspecified atom stereocenters. The Hall–Kier alpha value is -0.900. The summed E-state index contributed by atoms with van der Waals surface area (Å²) < 4.78 is 0. The number of hydrogen-bond donors (Lipinski definition) is 3. The van der Waals surface area contributed by atoms with E-state index in [0.717, 1.165) is 18.4 Å². The molecule has 2 rings (SSSR count). The Labute approximate surface area is 109 Å². The van der Waals surface area contributed by atoms with Gasteiger partial charge in [0.05, 0.1) is 6.61 Å². The zero-order valence-corrected chi connectivity index (χ0v) is 10.8. The fourth-order valence-corrected chi connectivity index (χ4v) is 3.00. The number of rotatable bonds is 4. The molecule has 0 heterocycles. The third-order valence-electron chi connectivity index (χ3n) is 4.28. The van der Waals surface area contributed by atoms with Crippen LogP contribution in [0.5, 0.6) is 0 Å². The van der Waals surface area contributed by atoms with Crippen LogP contribution >= 0.6 is 0 Å². The van der Waals surface area contributed by atoms with Crippen LogP contribution in [0.1, 0.15) is 49.3 Å². The van der Waals surface area contributed by atoms with Crippen molar-refractivity contribution in [3.05, 3.63) is 35.4 Å². The molecule has 0 aromatic heterocycles. The van der Waals surface area contributed by atoms with Crippen molar-refractivity contribution in [2.24, 2.45) is 5.73 Å². The van der Waals surface area contributed by atoms with E-state index in [9.17, 15) is 5.11 Å². The predicted octanol–water partition coefficient (Wildman–Crippen LogP) is 1.87. The number of nitrogens with two attached hydrogens (primary N) is 1. The number of aliphatic hydroxyl groups is 2. The number of hydrogen-bond acceptors (Lipinski definition) is 3. The van der Waals surface area contributed by atoms with Gasteiger partial charge in [0.25, 0.3) is 0 Å². The van der Waals surface area contributed by atoms with Crippen LogP contribution in [0, 0.1) is 0 Å². The molecule has 0 radical (unpaired) electrons. The van der Waals surface area contributed by atoms with E-state index >= 15 is 0 Å². The van der Waals surface area contributed by atoms with E-state index in [2.05, 4.69) is 12.1 Å². The predicted molar refractivity (Wildman–Crippen MR) is 72.3 cm³/mol. The van der Waals surface area contributed by atoms with Crippen molar-refractivity contribution in [3.8, 4) is 0 Å². The topological polar surface area (TPSA) is 66.5 Å². The van der Waals surface area contributed by atoms with Crippen LogP contribution in [0.3, 0.4) is 0 Å². The summed E-state index contributed by atoms with van der Waals surface area (Å²) >= 11 is 0. The van der Waals surface area contributed by atoms with Gasteiger partial charge in [-0.3, -0.25) is 0 Å². The summed E-state index contributed by atoms with van der Waals surface area (Å²) in [6.07, 6.45) is 5.34. The quantitative estimate of drug-likeness (QED) is 0.763. The maximum absolute atomic E-state index is 9.58. The highest BCUT2D eigenvalue weighted by molar-refractivity contribution is 5.31. The molecule has 18 heavy (non-hydrogen) atoms. The Morgan fingerprint density at radius 2 is 1.72 bits per heavy atom. The van der Waals surface area contributed by atoms with Gasteiger partial charge in [0.2, 0.25) is 0 Å². The fraction of sp³-hybridized carbons (Fsp3) is 0.600. The fourth-order valence-electron chi connectivity index (χ4n) is 3.00. The Morgan fingerprint density at radius 3 is 2.22 bits per heavy atom. The molecule has 0 spiro atoms. The summed E-state index contributed by atoms with van der Waals surface area (Å²) in [6.45, 7) is 0.455. The van der Waals surface area contributed by atoms with E-state index in [1.54, 1.807) is 0 Å². The van der Waals surface area contributed by atoms with Crippen LogP contribution in [0.25, 0.3) is 0 Å². The van der Waals surface area contributed by atoms with Gasteiger partial charge in [0, 0.05) is 12.0 Å². The average Bonchev–Trinajstić information content (AvgIpc) is 2.47. The van der Waals surface area contributed by atoms with E-state index in [0.29, 0.717) is 6.54 Å². The van der Waals surface area contributed by atoms with Crippen molar-refractivity contribution in [1.29, 1.82) is 0 Å². The van der Waals surface area contributed by atoms with E-state index < -0.39 is 6.10 Å². The standard InChI is InChI=1S/C15H23NO2/c16-11-15(8-2-1-3-9-15)13-6-4-12(5-7-13)14(18)10-17/h4-7,14,17-18H,1-3,8-11,16H2. The largest absolute Gasteiger partial charge is 0.393 e. The summed E-state index contributed by atoms with van der Waals surface area (Å²) in [6, 6.07) is 7.93. The third kappa shape index (κ3) is 2.58. The normalized spacial score (nSPS) is 20.6. The molecule has 4 N–H and O–H groups in total. The summed E-state index contributed by atoms with van der Waals surface area (Å²) in [5.41, 5.74) is 8.18. The van der Waals surface area contributed by atoms with Crippen molar-refractivity contribution in [3.63, 3.8) is 0 Å². The van der Waals surface area contributed by atoms with Crippen molar-refractivity contribution in [1.82, 2.24) is 0 Å². The minimum absolute atomic E-state index is 0.126. The van der Waals surface area contributed by atoms with Crippen LogP contribution < -0.4 is 5.73 Å². The van der Waals surface area contributed by atoms with Gasteiger partial charge in [-0.15, -0.1) is 0 Å². The highest BCUT2D eigenvalue weighted by Gasteiger charge is 2.32. The summed E-state index contributed by atoms with van der Waals surface area (Å²) in [7, 11) is 0. The zero-order valence-electron chi connectivity index (χ0n) is 10.8. The lowest BCUT2D eigenvalue weighted by Gasteiger charge is -2.37. The smallest absolute Gasteiger partial charge is 0.102 e. The maximum Gasteiger partial charge on any atom is 0.102 e. The minimum atomic E-state index is -0.778. The van der Waals surface area contributed by atoms with E-state index in [1.165, 1.54) is 24.8 Å². The van der Waals surface area contributed by atoms with Gasteiger partial charge in [-0.25, -0.2) is 0 Å². The second kappa shape index (κ2) is 5.83. The summed E-state index contributed by atoms with van der Waals surface area (Å²) in [5, 5.41) is 18.5. The highest BCUT2D eigenvalue weighted by Crippen LogP contribution is 2.38. The first kappa shape index (κ1) is 13.5. The van der Waals surface area contributed by atoms with E-state index in [4.69, 9.17) is 10.8 Å².